The van der Waals surface area contributed by atoms with Crippen molar-refractivity contribution >= 4 is 11.9 Å². The van der Waals surface area contributed by atoms with Gasteiger partial charge in [0.15, 0.2) is 0 Å². The van der Waals surface area contributed by atoms with Crippen molar-refractivity contribution in [2.45, 2.75) is 20.4 Å². The molecule has 17 heavy (non-hydrogen) atoms. The molecule has 92 valence electrons. The summed E-state index contributed by atoms with van der Waals surface area (Å²) in [4.78, 5) is 28.3. The molecule has 1 heterocycles. The number of likely N-dealkylation sites (N-methyl/N-ethyl adjacent to an activating group) is 1. The Hall–Kier alpha value is -1.91. The Kier molecular flexibility index (Phi) is 4.63. The normalized spacial score (nSPS) is 9.82. The van der Waals surface area contributed by atoms with Crippen LogP contribution < -0.4 is 0 Å². The number of carbonyl (C=O) groups is 2. The van der Waals surface area contributed by atoms with Crippen molar-refractivity contribution < 1.29 is 14.3 Å². The summed E-state index contributed by atoms with van der Waals surface area (Å²) in [7, 11) is 1.54. The highest BCUT2D eigenvalue weighted by Crippen LogP contribution is 2.02. The molecule has 0 unspecified atom stereocenters. The SMILES string of the molecule is CCOC(=O)C(=O)N(C)Cc1cccc(C)n1. The summed E-state index contributed by atoms with van der Waals surface area (Å²) in [6.07, 6.45) is 0. The first-order chi connectivity index (χ1) is 8.04. The maximum atomic E-state index is 11.5. The maximum Gasteiger partial charge on any atom is 0.397 e. The van der Waals surface area contributed by atoms with E-state index in [1.807, 2.05) is 25.1 Å². The lowest BCUT2D eigenvalue weighted by Crippen LogP contribution is -2.34. The van der Waals surface area contributed by atoms with E-state index in [2.05, 4.69) is 9.72 Å². The van der Waals surface area contributed by atoms with Gasteiger partial charge < -0.3 is 9.64 Å². The summed E-state index contributed by atoms with van der Waals surface area (Å²) in [5.41, 5.74) is 1.62. The van der Waals surface area contributed by atoms with Crippen molar-refractivity contribution in [2.75, 3.05) is 13.7 Å². The average Bonchev–Trinajstić information content (AvgIpc) is 2.28. The molecule has 0 aliphatic carbocycles. The van der Waals surface area contributed by atoms with Gasteiger partial charge >= 0.3 is 11.9 Å². The summed E-state index contributed by atoms with van der Waals surface area (Å²) in [6.45, 7) is 4.02. The summed E-state index contributed by atoms with van der Waals surface area (Å²) in [6, 6.07) is 5.54. The molecule has 0 spiro atoms. The molecule has 0 aliphatic rings. The van der Waals surface area contributed by atoms with E-state index in [9.17, 15) is 9.59 Å². The monoisotopic (exact) mass is 236 g/mol. The first kappa shape index (κ1) is 13.2. The highest BCUT2D eigenvalue weighted by atomic mass is 16.5. The lowest BCUT2D eigenvalue weighted by molar-refractivity contribution is -0.159. The lowest BCUT2D eigenvalue weighted by Gasteiger charge is -2.15. The molecule has 0 radical (unpaired) electrons. The standard InChI is InChI=1S/C12H16N2O3/c1-4-17-12(16)11(15)14(3)8-10-7-5-6-9(2)13-10/h5-7H,4,8H2,1-3H3. The number of nitrogens with zero attached hydrogens (tertiary/aromatic N) is 2. The number of hydrogen-bond donors (Lipinski definition) is 0. The molecule has 0 aliphatic heterocycles. The fraction of sp³-hybridized carbons (Fsp3) is 0.417. The topological polar surface area (TPSA) is 59.5 Å². The van der Waals surface area contributed by atoms with Crippen molar-refractivity contribution in [3.05, 3.63) is 29.6 Å². The van der Waals surface area contributed by atoms with Crippen LogP contribution in [0.4, 0.5) is 0 Å². The van der Waals surface area contributed by atoms with Crippen molar-refractivity contribution in [2.24, 2.45) is 0 Å². The predicted octanol–water partition coefficient (Wildman–Crippen LogP) is 0.912. The molecule has 0 aromatic carbocycles. The van der Waals surface area contributed by atoms with Gasteiger partial charge in [-0.25, -0.2) is 4.79 Å². The van der Waals surface area contributed by atoms with Crippen LogP contribution >= 0.6 is 0 Å². The van der Waals surface area contributed by atoms with E-state index in [4.69, 9.17) is 0 Å². The molecule has 0 fully saturated rings. The van der Waals surface area contributed by atoms with E-state index >= 15 is 0 Å². The Balaban J connectivity index is 2.63. The van der Waals surface area contributed by atoms with Gasteiger partial charge in [-0.2, -0.15) is 0 Å². The number of pyridine rings is 1. The third-order valence-corrected chi connectivity index (χ3v) is 2.14. The largest absolute Gasteiger partial charge is 0.459 e. The van der Waals surface area contributed by atoms with E-state index in [1.54, 1.807) is 14.0 Å². The van der Waals surface area contributed by atoms with Gasteiger partial charge in [0.25, 0.3) is 0 Å². The summed E-state index contributed by atoms with van der Waals surface area (Å²) in [5, 5.41) is 0. The number of esters is 1. The van der Waals surface area contributed by atoms with E-state index in [0.29, 0.717) is 6.54 Å². The second-order valence-electron chi connectivity index (χ2n) is 3.65. The third-order valence-electron chi connectivity index (χ3n) is 2.14. The average molecular weight is 236 g/mol. The Labute approximate surface area is 100 Å². The zero-order valence-corrected chi connectivity index (χ0v) is 10.3. The second kappa shape index (κ2) is 5.98. The minimum absolute atomic E-state index is 0.196. The highest BCUT2D eigenvalue weighted by molar-refractivity contribution is 6.32. The molecule has 5 nitrogen and oxygen atoms in total. The van der Waals surface area contributed by atoms with Crippen LogP contribution in [0.1, 0.15) is 18.3 Å². The Morgan fingerprint density at radius 2 is 2.12 bits per heavy atom. The van der Waals surface area contributed by atoms with Crippen LogP contribution in [0.25, 0.3) is 0 Å². The fourth-order valence-corrected chi connectivity index (χ4v) is 1.35. The molecule has 1 aromatic rings. The smallest absolute Gasteiger partial charge is 0.397 e. The van der Waals surface area contributed by atoms with E-state index in [0.717, 1.165) is 11.4 Å². The molecule has 1 rings (SSSR count). The Bertz CT molecular complexity index is 418. The molecule has 0 saturated heterocycles. The van der Waals surface area contributed by atoms with Gasteiger partial charge in [0, 0.05) is 12.7 Å². The number of rotatable bonds is 3. The van der Waals surface area contributed by atoms with Crippen molar-refractivity contribution in [1.82, 2.24) is 9.88 Å². The fourth-order valence-electron chi connectivity index (χ4n) is 1.35. The molecule has 0 atom stereocenters. The summed E-state index contributed by atoms with van der Waals surface area (Å²) < 4.78 is 4.64. The predicted molar refractivity (Wildman–Crippen MR) is 62.1 cm³/mol. The Morgan fingerprint density at radius 3 is 2.71 bits per heavy atom. The van der Waals surface area contributed by atoms with Crippen molar-refractivity contribution in [3.8, 4) is 0 Å². The second-order valence-corrected chi connectivity index (χ2v) is 3.65. The van der Waals surface area contributed by atoms with Gasteiger partial charge in [-0.1, -0.05) is 6.07 Å². The molecule has 1 amide bonds. The molecular weight excluding hydrogens is 220 g/mol. The zero-order valence-electron chi connectivity index (χ0n) is 10.3. The lowest BCUT2D eigenvalue weighted by atomic mass is 10.3. The van der Waals surface area contributed by atoms with Gasteiger partial charge in [-0.05, 0) is 26.0 Å². The van der Waals surface area contributed by atoms with Gasteiger partial charge in [-0.15, -0.1) is 0 Å². The molecule has 0 saturated carbocycles. The number of hydrogen-bond acceptors (Lipinski definition) is 4. The summed E-state index contributed by atoms with van der Waals surface area (Å²) in [5.74, 6) is -1.49. The van der Waals surface area contributed by atoms with Gasteiger partial charge in [0.1, 0.15) is 0 Å². The number of aryl methyl sites for hydroxylation is 1. The van der Waals surface area contributed by atoms with Crippen LogP contribution in [0.5, 0.6) is 0 Å². The van der Waals surface area contributed by atoms with Crippen LogP contribution in [0.15, 0.2) is 18.2 Å². The van der Waals surface area contributed by atoms with Gasteiger partial charge in [-0.3, -0.25) is 9.78 Å². The minimum atomic E-state index is -0.831. The first-order valence-corrected chi connectivity index (χ1v) is 5.39. The van der Waals surface area contributed by atoms with Crippen molar-refractivity contribution in [1.29, 1.82) is 0 Å². The van der Waals surface area contributed by atoms with Crippen LogP contribution in [-0.4, -0.2) is 35.4 Å². The van der Waals surface area contributed by atoms with E-state index in [-0.39, 0.29) is 6.61 Å². The number of carbonyl (C=O) groups excluding carboxylic acids is 2. The number of amides is 1. The molecular formula is C12H16N2O3. The van der Waals surface area contributed by atoms with Crippen LogP contribution in [0.2, 0.25) is 0 Å². The van der Waals surface area contributed by atoms with Gasteiger partial charge in [0.05, 0.1) is 18.8 Å². The zero-order chi connectivity index (χ0) is 12.8. The molecule has 0 N–H and O–H groups in total. The Morgan fingerprint density at radius 1 is 1.41 bits per heavy atom. The summed E-state index contributed by atoms with van der Waals surface area (Å²) >= 11 is 0. The third kappa shape index (κ3) is 3.86. The maximum absolute atomic E-state index is 11.5. The minimum Gasteiger partial charge on any atom is -0.459 e. The molecule has 5 heteroatoms. The molecule has 1 aromatic heterocycles. The highest BCUT2D eigenvalue weighted by Gasteiger charge is 2.20. The van der Waals surface area contributed by atoms with Gasteiger partial charge in [0.2, 0.25) is 0 Å². The van der Waals surface area contributed by atoms with Crippen molar-refractivity contribution in [3.63, 3.8) is 0 Å². The van der Waals surface area contributed by atoms with Crippen LogP contribution in [0, 0.1) is 6.92 Å². The van der Waals surface area contributed by atoms with Crippen LogP contribution in [0.3, 0.4) is 0 Å². The van der Waals surface area contributed by atoms with Crippen LogP contribution in [-0.2, 0) is 20.9 Å². The number of aromatic nitrogens is 1. The quantitative estimate of drug-likeness (QED) is 0.578. The molecule has 0 bridgehead atoms. The number of ether oxygens (including phenoxy) is 1. The van der Waals surface area contributed by atoms with E-state index in [1.165, 1.54) is 4.90 Å². The van der Waals surface area contributed by atoms with E-state index < -0.39 is 11.9 Å². The first-order valence-electron chi connectivity index (χ1n) is 5.39.